The van der Waals surface area contributed by atoms with Crippen LogP contribution in [0.3, 0.4) is 0 Å². The number of anilines is 2. The van der Waals surface area contributed by atoms with Gasteiger partial charge < -0.3 is 15.0 Å². The lowest BCUT2D eigenvalue weighted by molar-refractivity contribution is -0.122. The van der Waals surface area contributed by atoms with Gasteiger partial charge in [-0.1, -0.05) is 53.5 Å². The van der Waals surface area contributed by atoms with E-state index in [4.69, 9.17) is 27.9 Å². The van der Waals surface area contributed by atoms with E-state index in [0.29, 0.717) is 38.4 Å². The Morgan fingerprint density at radius 2 is 1.76 bits per heavy atom. The van der Waals surface area contributed by atoms with E-state index in [1.807, 2.05) is 30.3 Å². The standard InChI is InChI=1S/C25H21Cl2N3O3/c1-15-25(32)30(14-23(31)29-20-13-18(27)9-11-22(20)33-2)21-10-8-17(26)12-19(21)24(28-15)16-6-4-3-5-7-16/h3-13,15H,14H2,1-2H3,(H,29,31)/t15-/m1/s1. The molecule has 0 saturated carbocycles. The minimum atomic E-state index is -0.695. The fourth-order valence-electron chi connectivity index (χ4n) is 3.70. The number of carbonyl (C=O) groups excluding carboxylic acids is 2. The summed E-state index contributed by atoms with van der Waals surface area (Å²) < 4.78 is 5.29. The zero-order chi connectivity index (χ0) is 23.5. The van der Waals surface area contributed by atoms with E-state index in [2.05, 4.69) is 10.3 Å². The molecule has 0 unspecified atom stereocenters. The van der Waals surface area contributed by atoms with Crippen LogP contribution in [-0.4, -0.2) is 37.2 Å². The van der Waals surface area contributed by atoms with Gasteiger partial charge in [0.05, 0.1) is 24.2 Å². The number of nitrogens with zero attached hydrogens (tertiary/aromatic N) is 2. The number of nitrogens with one attached hydrogen (secondary N) is 1. The molecule has 0 aliphatic carbocycles. The highest BCUT2D eigenvalue weighted by molar-refractivity contribution is 6.32. The zero-order valence-corrected chi connectivity index (χ0v) is 19.5. The summed E-state index contributed by atoms with van der Waals surface area (Å²) in [4.78, 5) is 32.4. The molecule has 3 aromatic carbocycles. The number of hydrogen-bond acceptors (Lipinski definition) is 4. The Morgan fingerprint density at radius 3 is 2.48 bits per heavy atom. The van der Waals surface area contributed by atoms with Gasteiger partial charge in [-0.25, -0.2) is 0 Å². The second-order valence-electron chi connectivity index (χ2n) is 7.50. The summed E-state index contributed by atoms with van der Waals surface area (Å²) in [7, 11) is 1.50. The van der Waals surface area contributed by atoms with Crippen LogP contribution in [-0.2, 0) is 9.59 Å². The number of rotatable bonds is 5. The van der Waals surface area contributed by atoms with E-state index < -0.39 is 11.9 Å². The van der Waals surface area contributed by atoms with Gasteiger partial charge in [-0.05, 0) is 43.3 Å². The molecule has 0 spiro atoms. The minimum Gasteiger partial charge on any atom is -0.495 e. The number of amides is 2. The van der Waals surface area contributed by atoms with Gasteiger partial charge in [-0.15, -0.1) is 0 Å². The number of halogens is 2. The largest absolute Gasteiger partial charge is 0.495 e. The maximum Gasteiger partial charge on any atom is 0.252 e. The number of hydrogen-bond donors (Lipinski definition) is 1. The number of carbonyl (C=O) groups is 2. The number of fused-ring (bicyclic) bond motifs is 1. The SMILES string of the molecule is COc1ccc(Cl)cc1NC(=O)CN1C(=O)[C@@H](C)N=C(c2ccccc2)c2cc(Cl)ccc21. The number of benzodiazepines with no additional fused rings is 1. The molecule has 1 heterocycles. The fraction of sp³-hybridized carbons (Fsp3) is 0.160. The fourth-order valence-corrected chi connectivity index (χ4v) is 4.04. The van der Waals surface area contributed by atoms with Crippen LogP contribution in [0.2, 0.25) is 10.0 Å². The second kappa shape index (κ2) is 9.65. The molecular formula is C25H21Cl2N3O3. The van der Waals surface area contributed by atoms with Crippen LogP contribution in [0.4, 0.5) is 11.4 Å². The molecule has 0 saturated heterocycles. The molecule has 8 heteroatoms. The molecule has 0 radical (unpaired) electrons. The van der Waals surface area contributed by atoms with Gasteiger partial charge in [0.25, 0.3) is 5.91 Å². The molecule has 1 aliphatic heterocycles. The van der Waals surface area contributed by atoms with E-state index in [1.54, 1.807) is 43.3 Å². The van der Waals surface area contributed by atoms with Gasteiger partial charge in [0.15, 0.2) is 0 Å². The average Bonchev–Trinajstić information content (AvgIpc) is 2.90. The van der Waals surface area contributed by atoms with Gasteiger partial charge in [-0.3, -0.25) is 14.6 Å². The molecule has 0 bridgehead atoms. The van der Waals surface area contributed by atoms with Crippen molar-refractivity contribution in [1.82, 2.24) is 0 Å². The molecule has 1 atom stereocenters. The lowest BCUT2D eigenvalue weighted by Gasteiger charge is -2.24. The number of methoxy groups -OCH3 is 1. The van der Waals surface area contributed by atoms with Gasteiger partial charge in [-0.2, -0.15) is 0 Å². The van der Waals surface area contributed by atoms with Crippen LogP contribution in [0, 0.1) is 0 Å². The zero-order valence-electron chi connectivity index (χ0n) is 18.0. The average molecular weight is 482 g/mol. The highest BCUT2D eigenvalue weighted by Gasteiger charge is 2.31. The Kier molecular flexibility index (Phi) is 6.67. The van der Waals surface area contributed by atoms with Crippen molar-refractivity contribution in [3.63, 3.8) is 0 Å². The molecule has 6 nitrogen and oxygen atoms in total. The van der Waals surface area contributed by atoms with Crippen molar-refractivity contribution in [2.24, 2.45) is 4.99 Å². The van der Waals surface area contributed by atoms with E-state index in [1.165, 1.54) is 12.0 Å². The number of aliphatic imine (C=N–C) groups is 1. The Balaban J connectivity index is 1.71. The first-order chi connectivity index (χ1) is 15.9. The molecule has 1 N–H and O–H groups in total. The molecule has 4 rings (SSSR count). The topological polar surface area (TPSA) is 71.0 Å². The summed E-state index contributed by atoms with van der Waals surface area (Å²) in [5.41, 5.74) is 3.16. The molecule has 0 fully saturated rings. The highest BCUT2D eigenvalue weighted by Crippen LogP contribution is 2.32. The van der Waals surface area contributed by atoms with Crippen LogP contribution in [0.1, 0.15) is 18.1 Å². The molecule has 1 aliphatic rings. The van der Waals surface area contributed by atoms with E-state index in [9.17, 15) is 9.59 Å². The monoisotopic (exact) mass is 481 g/mol. The van der Waals surface area contributed by atoms with E-state index in [-0.39, 0.29) is 12.5 Å². The van der Waals surface area contributed by atoms with Crippen LogP contribution < -0.4 is 15.0 Å². The lowest BCUT2D eigenvalue weighted by atomic mass is 10.00. The molecule has 3 aromatic rings. The maximum absolute atomic E-state index is 13.3. The summed E-state index contributed by atoms with van der Waals surface area (Å²) in [6, 6.07) is 19.0. The first-order valence-corrected chi connectivity index (χ1v) is 11.0. The summed E-state index contributed by atoms with van der Waals surface area (Å²) in [5.74, 6) is -0.233. The Bertz CT molecular complexity index is 1240. The summed E-state index contributed by atoms with van der Waals surface area (Å²) in [5, 5.41) is 3.74. The van der Waals surface area contributed by atoms with Crippen molar-refractivity contribution in [2.75, 3.05) is 23.9 Å². The third kappa shape index (κ3) is 4.87. The van der Waals surface area contributed by atoms with Crippen molar-refractivity contribution in [2.45, 2.75) is 13.0 Å². The van der Waals surface area contributed by atoms with Gasteiger partial charge in [0.2, 0.25) is 5.91 Å². The molecular weight excluding hydrogens is 461 g/mol. The molecule has 168 valence electrons. The van der Waals surface area contributed by atoms with Gasteiger partial charge in [0.1, 0.15) is 18.3 Å². The predicted octanol–water partition coefficient (Wildman–Crippen LogP) is 5.21. The van der Waals surface area contributed by atoms with Crippen LogP contribution in [0.15, 0.2) is 71.7 Å². The number of ether oxygens (including phenoxy) is 1. The van der Waals surface area contributed by atoms with Crippen molar-refractivity contribution < 1.29 is 14.3 Å². The molecule has 33 heavy (non-hydrogen) atoms. The van der Waals surface area contributed by atoms with Crippen molar-refractivity contribution in [3.8, 4) is 5.75 Å². The Hall–Kier alpha value is -3.35. The Morgan fingerprint density at radius 1 is 1.06 bits per heavy atom. The smallest absolute Gasteiger partial charge is 0.252 e. The molecule has 0 aromatic heterocycles. The third-order valence-electron chi connectivity index (χ3n) is 5.24. The van der Waals surface area contributed by atoms with Crippen LogP contribution >= 0.6 is 23.2 Å². The van der Waals surface area contributed by atoms with Crippen molar-refractivity contribution >= 4 is 52.1 Å². The van der Waals surface area contributed by atoms with E-state index in [0.717, 1.165) is 5.56 Å². The second-order valence-corrected chi connectivity index (χ2v) is 8.37. The normalized spacial score (nSPS) is 15.4. The third-order valence-corrected chi connectivity index (χ3v) is 5.71. The first kappa shape index (κ1) is 22.8. The first-order valence-electron chi connectivity index (χ1n) is 10.3. The maximum atomic E-state index is 13.3. The number of benzene rings is 3. The van der Waals surface area contributed by atoms with Crippen LogP contribution in [0.5, 0.6) is 5.75 Å². The quantitative estimate of drug-likeness (QED) is 0.543. The van der Waals surface area contributed by atoms with Crippen LogP contribution in [0.25, 0.3) is 0 Å². The minimum absolute atomic E-state index is 0.217. The van der Waals surface area contributed by atoms with Gasteiger partial charge >= 0.3 is 0 Å². The van der Waals surface area contributed by atoms with Gasteiger partial charge in [0, 0.05) is 21.2 Å². The Labute approximate surface area is 201 Å². The van der Waals surface area contributed by atoms with Crippen molar-refractivity contribution in [3.05, 3.63) is 87.9 Å². The predicted molar refractivity (Wildman–Crippen MR) is 132 cm³/mol. The summed E-state index contributed by atoms with van der Waals surface area (Å²) >= 11 is 12.4. The van der Waals surface area contributed by atoms with E-state index >= 15 is 0 Å². The highest BCUT2D eigenvalue weighted by atomic mass is 35.5. The lowest BCUT2D eigenvalue weighted by Crippen LogP contribution is -2.42. The van der Waals surface area contributed by atoms with Crippen molar-refractivity contribution in [1.29, 1.82) is 0 Å². The summed E-state index contributed by atoms with van der Waals surface area (Å²) in [6.45, 7) is 1.49. The summed E-state index contributed by atoms with van der Waals surface area (Å²) in [6.07, 6.45) is 0. The molecule has 2 amide bonds.